The highest BCUT2D eigenvalue weighted by atomic mass is 16.5. The summed E-state index contributed by atoms with van der Waals surface area (Å²) in [6.45, 7) is 0. The standard InChI is InChI=1S/C16H13NO4/c1-21-16(20)10-6-8-11(9-7-10)17-14(18)12-4-2-3-5-13(12)15(17)19/h2-9,12-13H,1H3/t12-,13-/m1/s1. The van der Waals surface area contributed by atoms with Crippen molar-refractivity contribution in [2.75, 3.05) is 12.0 Å². The van der Waals surface area contributed by atoms with E-state index in [0.717, 1.165) is 0 Å². The maximum atomic E-state index is 12.4. The fourth-order valence-electron chi connectivity index (χ4n) is 2.60. The molecule has 2 aliphatic rings. The topological polar surface area (TPSA) is 63.7 Å². The number of amides is 2. The molecule has 1 aliphatic heterocycles. The molecule has 0 spiro atoms. The van der Waals surface area contributed by atoms with Crippen molar-refractivity contribution in [1.82, 2.24) is 0 Å². The summed E-state index contributed by atoms with van der Waals surface area (Å²) in [5, 5.41) is 0. The molecule has 5 nitrogen and oxygen atoms in total. The maximum Gasteiger partial charge on any atom is 0.337 e. The lowest BCUT2D eigenvalue weighted by Crippen LogP contribution is -2.30. The third-order valence-corrected chi connectivity index (χ3v) is 3.69. The molecule has 2 amide bonds. The number of benzene rings is 1. The Hall–Kier alpha value is -2.69. The first-order valence-corrected chi connectivity index (χ1v) is 6.54. The molecule has 2 atom stereocenters. The van der Waals surface area contributed by atoms with Gasteiger partial charge in [0, 0.05) is 0 Å². The molecule has 1 heterocycles. The van der Waals surface area contributed by atoms with Crippen molar-refractivity contribution in [3.8, 4) is 0 Å². The smallest absolute Gasteiger partial charge is 0.337 e. The molecule has 3 rings (SSSR count). The fourth-order valence-corrected chi connectivity index (χ4v) is 2.60. The lowest BCUT2D eigenvalue weighted by molar-refractivity contribution is -0.122. The van der Waals surface area contributed by atoms with Gasteiger partial charge < -0.3 is 4.74 Å². The Morgan fingerprint density at radius 2 is 1.52 bits per heavy atom. The van der Waals surface area contributed by atoms with Gasteiger partial charge in [0.1, 0.15) is 0 Å². The molecular formula is C16H13NO4. The number of hydrogen-bond acceptors (Lipinski definition) is 4. The number of carbonyl (C=O) groups is 3. The van der Waals surface area contributed by atoms with Crippen molar-refractivity contribution in [1.29, 1.82) is 0 Å². The molecule has 1 aromatic rings. The van der Waals surface area contributed by atoms with Crippen LogP contribution in [-0.2, 0) is 14.3 Å². The summed E-state index contributed by atoms with van der Waals surface area (Å²) in [6.07, 6.45) is 7.04. The van der Waals surface area contributed by atoms with E-state index in [0.29, 0.717) is 11.3 Å². The van der Waals surface area contributed by atoms with Crippen LogP contribution in [0.1, 0.15) is 10.4 Å². The van der Waals surface area contributed by atoms with Gasteiger partial charge in [-0.15, -0.1) is 0 Å². The highest BCUT2D eigenvalue weighted by molar-refractivity contribution is 6.23. The molecule has 0 bridgehead atoms. The highest BCUT2D eigenvalue weighted by Gasteiger charge is 2.46. The van der Waals surface area contributed by atoms with Crippen LogP contribution in [0.3, 0.4) is 0 Å². The molecule has 0 radical (unpaired) electrons. The molecule has 1 aliphatic carbocycles. The number of carbonyl (C=O) groups excluding carboxylic acids is 3. The SMILES string of the molecule is COC(=O)c1ccc(N2C(=O)[C@@H]3C=CC=C[C@H]3C2=O)cc1. The van der Waals surface area contributed by atoms with Crippen molar-refractivity contribution in [2.45, 2.75) is 0 Å². The largest absolute Gasteiger partial charge is 0.465 e. The van der Waals surface area contributed by atoms with E-state index in [9.17, 15) is 14.4 Å². The predicted molar refractivity (Wildman–Crippen MR) is 75.5 cm³/mol. The van der Waals surface area contributed by atoms with Gasteiger partial charge in [-0.25, -0.2) is 9.69 Å². The fraction of sp³-hybridized carbons (Fsp3) is 0.188. The third-order valence-electron chi connectivity index (χ3n) is 3.69. The van der Waals surface area contributed by atoms with E-state index in [-0.39, 0.29) is 11.8 Å². The summed E-state index contributed by atoms with van der Waals surface area (Å²) in [6, 6.07) is 6.23. The summed E-state index contributed by atoms with van der Waals surface area (Å²) >= 11 is 0. The van der Waals surface area contributed by atoms with Crippen LogP contribution in [0.2, 0.25) is 0 Å². The van der Waals surface area contributed by atoms with E-state index in [1.807, 2.05) is 0 Å². The molecule has 0 N–H and O–H groups in total. The molecule has 1 aromatic carbocycles. The quantitative estimate of drug-likeness (QED) is 0.612. The number of methoxy groups -OCH3 is 1. The lowest BCUT2D eigenvalue weighted by atomic mass is 9.91. The van der Waals surface area contributed by atoms with Crippen LogP contribution in [0.25, 0.3) is 0 Å². The minimum atomic E-state index is -0.458. The monoisotopic (exact) mass is 283 g/mol. The molecule has 0 unspecified atom stereocenters. The number of anilines is 1. The normalized spacial score (nSPS) is 23.4. The number of rotatable bonds is 2. The Morgan fingerprint density at radius 1 is 1.00 bits per heavy atom. The number of allylic oxidation sites excluding steroid dienone is 2. The number of imide groups is 1. The van der Waals surface area contributed by atoms with Gasteiger partial charge in [0.25, 0.3) is 0 Å². The average molecular weight is 283 g/mol. The van der Waals surface area contributed by atoms with Gasteiger partial charge in [0.2, 0.25) is 11.8 Å². The van der Waals surface area contributed by atoms with E-state index in [2.05, 4.69) is 4.74 Å². The van der Waals surface area contributed by atoms with Gasteiger partial charge in [0.15, 0.2) is 0 Å². The van der Waals surface area contributed by atoms with Crippen LogP contribution in [0.4, 0.5) is 5.69 Å². The summed E-state index contributed by atoms with van der Waals surface area (Å²) < 4.78 is 4.62. The van der Waals surface area contributed by atoms with Crippen molar-refractivity contribution < 1.29 is 19.1 Å². The Bertz CT molecular complexity index is 642. The first-order chi connectivity index (χ1) is 10.1. The van der Waals surface area contributed by atoms with Gasteiger partial charge in [-0.3, -0.25) is 9.59 Å². The van der Waals surface area contributed by atoms with E-state index >= 15 is 0 Å². The first-order valence-electron chi connectivity index (χ1n) is 6.54. The molecule has 0 aromatic heterocycles. The second kappa shape index (κ2) is 5.01. The molecule has 106 valence electrons. The summed E-state index contributed by atoms with van der Waals surface area (Å²) in [5.74, 6) is -1.79. The van der Waals surface area contributed by atoms with Gasteiger partial charge in [-0.05, 0) is 24.3 Å². The lowest BCUT2D eigenvalue weighted by Gasteiger charge is -2.14. The van der Waals surface area contributed by atoms with E-state index < -0.39 is 17.8 Å². The van der Waals surface area contributed by atoms with E-state index in [1.165, 1.54) is 24.1 Å². The minimum absolute atomic E-state index is 0.239. The summed E-state index contributed by atoms with van der Waals surface area (Å²) in [7, 11) is 1.30. The van der Waals surface area contributed by atoms with Crippen LogP contribution in [-0.4, -0.2) is 24.9 Å². The van der Waals surface area contributed by atoms with Gasteiger partial charge in [0.05, 0.1) is 30.2 Å². The zero-order valence-electron chi connectivity index (χ0n) is 11.4. The van der Waals surface area contributed by atoms with Crippen LogP contribution >= 0.6 is 0 Å². The summed E-state index contributed by atoms with van der Waals surface area (Å²) in [5.41, 5.74) is 0.839. The Kier molecular flexibility index (Phi) is 3.17. The van der Waals surface area contributed by atoms with Crippen molar-refractivity contribution in [3.63, 3.8) is 0 Å². The van der Waals surface area contributed by atoms with E-state index in [1.54, 1.807) is 36.4 Å². The molecular weight excluding hydrogens is 270 g/mol. The molecule has 1 fully saturated rings. The highest BCUT2D eigenvalue weighted by Crippen LogP contribution is 2.34. The Balaban J connectivity index is 1.92. The molecule has 21 heavy (non-hydrogen) atoms. The number of fused-ring (bicyclic) bond motifs is 1. The molecule has 0 saturated carbocycles. The van der Waals surface area contributed by atoms with Gasteiger partial charge in [-0.1, -0.05) is 24.3 Å². The number of hydrogen-bond donors (Lipinski definition) is 0. The predicted octanol–water partition coefficient (Wildman–Crippen LogP) is 1.70. The number of nitrogens with zero attached hydrogens (tertiary/aromatic N) is 1. The second-order valence-corrected chi connectivity index (χ2v) is 4.87. The second-order valence-electron chi connectivity index (χ2n) is 4.87. The van der Waals surface area contributed by atoms with Gasteiger partial charge >= 0.3 is 5.97 Å². The number of ether oxygens (including phenoxy) is 1. The van der Waals surface area contributed by atoms with Crippen LogP contribution in [0.5, 0.6) is 0 Å². The third kappa shape index (κ3) is 2.07. The van der Waals surface area contributed by atoms with Gasteiger partial charge in [-0.2, -0.15) is 0 Å². The zero-order valence-corrected chi connectivity index (χ0v) is 11.4. The first kappa shape index (κ1) is 13.3. The Labute approximate surface area is 121 Å². The average Bonchev–Trinajstić information content (AvgIpc) is 2.79. The van der Waals surface area contributed by atoms with Crippen LogP contribution in [0, 0.1) is 11.8 Å². The van der Waals surface area contributed by atoms with E-state index in [4.69, 9.17) is 0 Å². The van der Waals surface area contributed by atoms with Crippen LogP contribution < -0.4 is 4.90 Å². The molecule has 1 saturated heterocycles. The van der Waals surface area contributed by atoms with Crippen molar-refractivity contribution in [2.24, 2.45) is 11.8 Å². The van der Waals surface area contributed by atoms with Crippen molar-refractivity contribution >= 4 is 23.5 Å². The molecule has 5 heteroatoms. The van der Waals surface area contributed by atoms with Crippen LogP contribution in [0.15, 0.2) is 48.6 Å². The minimum Gasteiger partial charge on any atom is -0.465 e. The van der Waals surface area contributed by atoms with Crippen molar-refractivity contribution in [3.05, 3.63) is 54.1 Å². The Morgan fingerprint density at radius 3 is 2.00 bits per heavy atom. The number of esters is 1. The maximum absolute atomic E-state index is 12.4. The zero-order chi connectivity index (χ0) is 15.0. The summed E-state index contributed by atoms with van der Waals surface area (Å²) in [4.78, 5) is 37.3.